The average molecular weight is 361 g/mol. The number of aliphatic carboxylic acids is 1. The van der Waals surface area contributed by atoms with Crippen molar-refractivity contribution in [1.29, 1.82) is 5.26 Å². The zero-order valence-corrected chi connectivity index (χ0v) is 14.7. The van der Waals surface area contributed by atoms with Gasteiger partial charge in [0.1, 0.15) is 6.07 Å². The van der Waals surface area contributed by atoms with E-state index in [9.17, 15) is 14.9 Å². The van der Waals surface area contributed by atoms with E-state index in [1.54, 1.807) is 48.5 Å². The van der Waals surface area contributed by atoms with Crippen molar-refractivity contribution in [2.75, 3.05) is 6.61 Å². The van der Waals surface area contributed by atoms with E-state index in [1.807, 2.05) is 12.1 Å². The van der Waals surface area contributed by atoms with Crippen LogP contribution in [0.3, 0.4) is 0 Å². The van der Waals surface area contributed by atoms with Gasteiger partial charge >= 0.3 is 11.9 Å². The summed E-state index contributed by atoms with van der Waals surface area (Å²) in [7, 11) is 0. The van der Waals surface area contributed by atoms with Crippen molar-refractivity contribution < 1.29 is 19.4 Å². The number of benzene rings is 2. The highest BCUT2D eigenvalue weighted by atomic mass is 16.5. The molecule has 0 bridgehead atoms. The molecule has 0 aromatic heterocycles. The Labute approximate surface area is 157 Å². The van der Waals surface area contributed by atoms with Gasteiger partial charge < -0.3 is 9.84 Å². The summed E-state index contributed by atoms with van der Waals surface area (Å²) in [5.41, 5.74) is 1.67. The van der Waals surface area contributed by atoms with E-state index in [0.717, 1.165) is 0 Å². The molecule has 1 N–H and O–H groups in total. The fourth-order valence-corrected chi connectivity index (χ4v) is 2.47. The molecule has 5 nitrogen and oxygen atoms in total. The third kappa shape index (κ3) is 5.41. The average Bonchev–Trinajstić information content (AvgIpc) is 2.70. The molecule has 27 heavy (non-hydrogen) atoms. The molecule has 0 saturated heterocycles. The largest absolute Gasteiger partial charge is 0.478 e. The van der Waals surface area contributed by atoms with Crippen LogP contribution in [-0.2, 0) is 14.3 Å². The summed E-state index contributed by atoms with van der Waals surface area (Å²) in [6.07, 6.45) is 0.558. The van der Waals surface area contributed by atoms with Gasteiger partial charge in [0.25, 0.3) is 0 Å². The second-order valence-electron chi connectivity index (χ2n) is 5.74. The Morgan fingerprint density at radius 2 is 1.56 bits per heavy atom. The number of esters is 1. The molecule has 0 amide bonds. The van der Waals surface area contributed by atoms with Gasteiger partial charge in [0.05, 0.1) is 17.8 Å². The van der Waals surface area contributed by atoms with Crippen LogP contribution in [0.25, 0.3) is 11.1 Å². The third-order valence-corrected chi connectivity index (χ3v) is 3.85. The summed E-state index contributed by atoms with van der Waals surface area (Å²) in [5, 5.41) is 18.5. The van der Waals surface area contributed by atoms with Crippen molar-refractivity contribution in [3.8, 4) is 6.07 Å². The Morgan fingerprint density at radius 3 is 2.07 bits per heavy atom. The standard InChI is InChI=1S/C22H19NO4/c1-16(21(24)25)9-8-14-27-22(26)20(18-12-6-3-7-13-18)19(15-23)17-10-4-2-5-11-17/h2-7,10-13H,1,8-9,14H2,(H,24,25). The first kappa shape index (κ1) is 19.7. The molecule has 2 aromatic carbocycles. The lowest BCUT2D eigenvalue weighted by atomic mass is 9.95. The number of hydrogen-bond donors (Lipinski definition) is 1. The molecule has 0 spiro atoms. The van der Waals surface area contributed by atoms with Crippen molar-refractivity contribution in [2.24, 2.45) is 0 Å². The number of hydrogen-bond acceptors (Lipinski definition) is 4. The van der Waals surface area contributed by atoms with E-state index >= 15 is 0 Å². The van der Waals surface area contributed by atoms with Crippen LogP contribution in [0.2, 0.25) is 0 Å². The summed E-state index contributed by atoms with van der Waals surface area (Å²) in [6, 6.07) is 19.9. The van der Waals surface area contributed by atoms with Gasteiger partial charge in [-0.2, -0.15) is 5.26 Å². The third-order valence-electron chi connectivity index (χ3n) is 3.85. The van der Waals surface area contributed by atoms with Gasteiger partial charge in [-0.1, -0.05) is 67.2 Å². The maximum Gasteiger partial charge on any atom is 0.340 e. The van der Waals surface area contributed by atoms with E-state index in [1.165, 1.54) is 0 Å². The highest BCUT2D eigenvalue weighted by Gasteiger charge is 2.20. The minimum absolute atomic E-state index is 0.0367. The van der Waals surface area contributed by atoms with Gasteiger partial charge in [0.15, 0.2) is 0 Å². The molecule has 0 atom stereocenters. The predicted octanol–water partition coefficient (Wildman–Crippen LogP) is 4.09. The highest BCUT2D eigenvalue weighted by Crippen LogP contribution is 2.27. The van der Waals surface area contributed by atoms with Crippen LogP contribution in [-0.4, -0.2) is 23.7 Å². The molecule has 0 aliphatic rings. The Morgan fingerprint density at radius 1 is 1.00 bits per heavy atom. The van der Waals surface area contributed by atoms with Crippen LogP contribution in [0.1, 0.15) is 24.0 Å². The van der Waals surface area contributed by atoms with E-state index < -0.39 is 11.9 Å². The zero-order valence-electron chi connectivity index (χ0n) is 14.7. The Bertz CT molecular complexity index is 893. The van der Waals surface area contributed by atoms with Gasteiger partial charge in [0.2, 0.25) is 0 Å². The quantitative estimate of drug-likeness (QED) is 0.252. The van der Waals surface area contributed by atoms with Gasteiger partial charge in [0, 0.05) is 5.57 Å². The Kier molecular flexibility index (Phi) is 7.09. The predicted molar refractivity (Wildman–Crippen MR) is 102 cm³/mol. The first-order valence-corrected chi connectivity index (χ1v) is 8.38. The van der Waals surface area contributed by atoms with Crippen molar-refractivity contribution in [1.82, 2.24) is 0 Å². The molecule has 0 radical (unpaired) electrons. The molecule has 0 heterocycles. The van der Waals surface area contributed by atoms with Crippen molar-refractivity contribution in [3.63, 3.8) is 0 Å². The van der Waals surface area contributed by atoms with E-state index in [2.05, 4.69) is 12.6 Å². The van der Waals surface area contributed by atoms with E-state index in [0.29, 0.717) is 17.5 Å². The summed E-state index contributed by atoms with van der Waals surface area (Å²) in [4.78, 5) is 23.5. The number of rotatable bonds is 8. The van der Waals surface area contributed by atoms with Crippen LogP contribution in [0.4, 0.5) is 0 Å². The molecule has 136 valence electrons. The van der Waals surface area contributed by atoms with Gasteiger partial charge in [-0.05, 0) is 24.0 Å². The molecule has 2 aromatic rings. The number of allylic oxidation sites excluding steroid dienone is 1. The van der Waals surface area contributed by atoms with Crippen molar-refractivity contribution in [3.05, 3.63) is 83.9 Å². The van der Waals surface area contributed by atoms with Gasteiger partial charge in [-0.3, -0.25) is 0 Å². The number of carboxylic acids is 1. The van der Waals surface area contributed by atoms with E-state index in [-0.39, 0.29) is 29.7 Å². The molecule has 0 unspecified atom stereocenters. The number of carboxylic acid groups (broad SMARTS) is 1. The number of nitrogens with zero attached hydrogens (tertiary/aromatic N) is 1. The van der Waals surface area contributed by atoms with Crippen molar-refractivity contribution in [2.45, 2.75) is 12.8 Å². The smallest absolute Gasteiger partial charge is 0.340 e. The topological polar surface area (TPSA) is 87.4 Å². The Balaban J connectivity index is 2.27. The number of ether oxygens (including phenoxy) is 1. The molecule has 0 aliphatic carbocycles. The number of nitriles is 1. The summed E-state index contributed by atoms with van der Waals surface area (Å²) >= 11 is 0. The number of carbonyl (C=O) groups excluding carboxylic acids is 1. The summed E-state index contributed by atoms with van der Waals surface area (Å²) < 4.78 is 5.31. The van der Waals surface area contributed by atoms with Gasteiger partial charge in [-0.25, -0.2) is 9.59 Å². The first-order chi connectivity index (χ1) is 13.0. The molecular formula is C22H19NO4. The summed E-state index contributed by atoms with van der Waals surface area (Å²) in [5.74, 6) is -1.69. The van der Waals surface area contributed by atoms with Crippen molar-refractivity contribution >= 4 is 23.1 Å². The molecule has 0 saturated carbocycles. The molecule has 5 heteroatoms. The minimum atomic E-state index is -1.07. The van der Waals surface area contributed by atoms with E-state index in [4.69, 9.17) is 9.84 Å². The lowest BCUT2D eigenvalue weighted by molar-refractivity contribution is -0.136. The second kappa shape index (κ2) is 9.73. The maximum atomic E-state index is 12.7. The molecule has 0 fully saturated rings. The fourth-order valence-electron chi connectivity index (χ4n) is 2.47. The highest BCUT2D eigenvalue weighted by molar-refractivity contribution is 6.26. The monoisotopic (exact) mass is 361 g/mol. The summed E-state index contributed by atoms with van der Waals surface area (Å²) in [6.45, 7) is 3.48. The van der Waals surface area contributed by atoms with Crippen LogP contribution < -0.4 is 0 Å². The lowest BCUT2D eigenvalue weighted by Crippen LogP contribution is -2.11. The normalized spacial score (nSPS) is 11.1. The van der Waals surface area contributed by atoms with Gasteiger partial charge in [-0.15, -0.1) is 0 Å². The molecular weight excluding hydrogens is 342 g/mol. The Hall–Kier alpha value is -3.65. The second-order valence-corrected chi connectivity index (χ2v) is 5.74. The number of carbonyl (C=O) groups is 2. The van der Waals surface area contributed by atoms with Crippen LogP contribution >= 0.6 is 0 Å². The molecule has 2 rings (SSSR count). The van der Waals surface area contributed by atoms with Crippen LogP contribution in [0.15, 0.2) is 72.8 Å². The van der Waals surface area contributed by atoms with Crippen LogP contribution in [0, 0.1) is 11.3 Å². The maximum absolute atomic E-state index is 12.7. The zero-order chi connectivity index (χ0) is 19.6. The SMILES string of the molecule is C=C(CCCOC(=O)C(=C(C#N)c1ccccc1)c1ccccc1)C(=O)O. The first-order valence-electron chi connectivity index (χ1n) is 8.38. The minimum Gasteiger partial charge on any atom is -0.478 e. The lowest BCUT2D eigenvalue weighted by Gasteiger charge is -2.11. The molecule has 0 aliphatic heterocycles. The fraction of sp³-hybridized carbons (Fsp3) is 0.136. The van der Waals surface area contributed by atoms with Crippen LogP contribution in [0.5, 0.6) is 0 Å².